The van der Waals surface area contributed by atoms with Gasteiger partial charge in [0.25, 0.3) is 0 Å². The number of hydrogen-bond donors (Lipinski definition) is 1. The number of carbonyl (C=O) groups is 1. The van der Waals surface area contributed by atoms with Gasteiger partial charge >= 0.3 is 6.09 Å². The molecule has 1 aromatic carbocycles. The Kier molecular flexibility index (Phi) is 3.98. The summed E-state index contributed by atoms with van der Waals surface area (Å²) in [4.78, 5) is 12.4. The second kappa shape index (κ2) is 5.95. The molecule has 1 aliphatic rings. The van der Waals surface area contributed by atoms with Crippen LogP contribution < -0.4 is 4.74 Å². The van der Waals surface area contributed by atoms with Crippen LogP contribution in [0.4, 0.5) is 4.79 Å². The van der Waals surface area contributed by atoms with Crippen LogP contribution in [0.5, 0.6) is 5.75 Å². The van der Waals surface area contributed by atoms with Crippen LogP contribution in [-0.4, -0.2) is 46.1 Å². The van der Waals surface area contributed by atoms with Crippen molar-refractivity contribution in [2.75, 3.05) is 20.2 Å². The summed E-state index contributed by atoms with van der Waals surface area (Å²) in [6.45, 7) is 3.10. The predicted molar refractivity (Wildman–Crippen MR) is 86.9 cm³/mol. The van der Waals surface area contributed by atoms with Gasteiger partial charge in [-0.05, 0) is 18.9 Å². The lowest BCUT2D eigenvalue weighted by Gasteiger charge is -2.29. The molecular formula is C17H21N3O3. The van der Waals surface area contributed by atoms with Gasteiger partial charge in [0, 0.05) is 43.4 Å². The minimum Gasteiger partial charge on any atom is -0.493 e. The minimum atomic E-state index is -0.905. The number of aromatic nitrogens is 2. The number of benzene rings is 1. The first-order valence-electron chi connectivity index (χ1n) is 7.67. The Bertz CT molecular complexity index is 739. The molecule has 2 heterocycles. The fourth-order valence-electron chi connectivity index (χ4n) is 3.07. The molecule has 1 unspecified atom stereocenters. The third-order valence-corrected chi connectivity index (χ3v) is 4.54. The monoisotopic (exact) mass is 315 g/mol. The molecule has 0 spiro atoms. The van der Waals surface area contributed by atoms with Gasteiger partial charge in [-0.15, -0.1) is 0 Å². The lowest BCUT2D eigenvalue weighted by atomic mass is 9.89. The molecule has 0 fully saturated rings. The van der Waals surface area contributed by atoms with Crippen LogP contribution >= 0.6 is 0 Å². The Morgan fingerprint density at radius 2 is 2.26 bits per heavy atom. The first-order chi connectivity index (χ1) is 11.0. The van der Waals surface area contributed by atoms with Gasteiger partial charge in [-0.1, -0.05) is 18.2 Å². The zero-order valence-corrected chi connectivity index (χ0v) is 13.6. The molecule has 0 radical (unpaired) electrons. The summed E-state index contributed by atoms with van der Waals surface area (Å²) < 4.78 is 7.78. The molecule has 2 aromatic rings. The highest BCUT2D eigenvalue weighted by atomic mass is 16.5. The van der Waals surface area contributed by atoms with Crippen molar-refractivity contribution >= 4 is 6.09 Å². The molecule has 1 atom stereocenters. The number of aryl methyl sites for hydroxylation is 1. The second-order valence-corrected chi connectivity index (χ2v) is 5.99. The van der Waals surface area contributed by atoms with Crippen LogP contribution in [0.15, 0.2) is 24.4 Å². The Hall–Kier alpha value is -2.50. The summed E-state index contributed by atoms with van der Waals surface area (Å²) in [6.07, 6.45) is 1.76. The third-order valence-electron chi connectivity index (χ3n) is 4.54. The Morgan fingerprint density at radius 1 is 1.48 bits per heavy atom. The first-order valence-corrected chi connectivity index (χ1v) is 7.67. The van der Waals surface area contributed by atoms with Crippen molar-refractivity contribution in [2.45, 2.75) is 19.3 Å². The van der Waals surface area contributed by atoms with Crippen molar-refractivity contribution in [1.82, 2.24) is 14.7 Å². The van der Waals surface area contributed by atoms with E-state index >= 15 is 0 Å². The number of likely N-dealkylation sites (N-methyl/N-ethyl adjacent to an activating group) is 1. The molecule has 6 heteroatoms. The summed E-state index contributed by atoms with van der Waals surface area (Å²) in [7, 11) is 3.52. The fraction of sp³-hybridized carbons (Fsp3) is 0.412. The molecule has 0 aliphatic carbocycles. The highest BCUT2D eigenvalue weighted by Crippen LogP contribution is 2.41. The summed E-state index contributed by atoms with van der Waals surface area (Å²) >= 11 is 0. The lowest BCUT2D eigenvalue weighted by Crippen LogP contribution is -2.31. The Labute approximate surface area is 135 Å². The summed E-state index contributed by atoms with van der Waals surface area (Å²) in [6, 6.07) is 6.07. The van der Waals surface area contributed by atoms with E-state index in [1.165, 1.54) is 4.90 Å². The van der Waals surface area contributed by atoms with Crippen LogP contribution in [-0.2, 0) is 7.05 Å². The number of ether oxygens (including phenoxy) is 1. The Morgan fingerprint density at radius 3 is 2.91 bits per heavy atom. The number of amides is 1. The fourth-order valence-corrected chi connectivity index (χ4v) is 3.07. The number of carboxylic acid groups (broad SMARTS) is 1. The highest BCUT2D eigenvalue weighted by molar-refractivity contribution is 5.74. The van der Waals surface area contributed by atoms with E-state index in [0.29, 0.717) is 13.2 Å². The van der Waals surface area contributed by atoms with E-state index in [0.717, 1.165) is 34.6 Å². The molecule has 6 nitrogen and oxygen atoms in total. The average Bonchev–Trinajstić information content (AvgIpc) is 2.86. The molecule has 1 aliphatic heterocycles. The number of rotatable bonds is 3. The molecule has 0 saturated carbocycles. The van der Waals surface area contributed by atoms with E-state index in [4.69, 9.17) is 9.84 Å². The van der Waals surface area contributed by atoms with Gasteiger partial charge < -0.3 is 14.7 Å². The molecule has 3 rings (SSSR count). The van der Waals surface area contributed by atoms with E-state index in [-0.39, 0.29) is 5.92 Å². The summed E-state index contributed by atoms with van der Waals surface area (Å²) in [5.41, 5.74) is 4.23. The molecule has 122 valence electrons. The molecule has 0 saturated heterocycles. The molecule has 1 N–H and O–H groups in total. The van der Waals surface area contributed by atoms with Crippen molar-refractivity contribution in [3.8, 4) is 16.9 Å². The van der Waals surface area contributed by atoms with E-state index in [1.807, 2.05) is 43.0 Å². The molecular weight excluding hydrogens is 294 g/mol. The smallest absolute Gasteiger partial charge is 0.407 e. The van der Waals surface area contributed by atoms with Gasteiger partial charge in [0.1, 0.15) is 5.75 Å². The summed E-state index contributed by atoms with van der Waals surface area (Å²) in [5, 5.41) is 13.4. The van der Waals surface area contributed by atoms with Crippen LogP contribution in [0.3, 0.4) is 0 Å². The molecule has 1 aromatic heterocycles. The van der Waals surface area contributed by atoms with Crippen LogP contribution in [0, 0.1) is 6.92 Å². The van der Waals surface area contributed by atoms with Gasteiger partial charge in [0.2, 0.25) is 0 Å². The van der Waals surface area contributed by atoms with Crippen molar-refractivity contribution < 1.29 is 14.6 Å². The summed E-state index contributed by atoms with van der Waals surface area (Å²) in [5.74, 6) is 1.01. The quantitative estimate of drug-likeness (QED) is 0.945. The number of nitrogens with zero attached hydrogens (tertiary/aromatic N) is 3. The number of hydrogen-bond acceptors (Lipinski definition) is 3. The van der Waals surface area contributed by atoms with Crippen molar-refractivity contribution in [3.63, 3.8) is 0 Å². The molecule has 1 amide bonds. The van der Waals surface area contributed by atoms with Gasteiger partial charge in [-0.3, -0.25) is 4.68 Å². The highest BCUT2D eigenvalue weighted by Gasteiger charge is 2.27. The molecule has 0 bridgehead atoms. The van der Waals surface area contributed by atoms with Crippen molar-refractivity contribution in [3.05, 3.63) is 35.7 Å². The maximum absolute atomic E-state index is 11.1. The molecule has 23 heavy (non-hydrogen) atoms. The van der Waals surface area contributed by atoms with Crippen LogP contribution in [0.25, 0.3) is 11.1 Å². The zero-order chi connectivity index (χ0) is 16.6. The standard InChI is InChI=1S/C17H21N3O3/c1-11-15(9-18-20(11)3)14-6-4-5-13-12(7-8-23-16(13)14)10-19(2)17(21)22/h4-6,9,12H,7-8,10H2,1-3H3,(H,21,22). The predicted octanol–water partition coefficient (Wildman–Crippen LogP) is 2.87. The van der Waals surface area contributed by atoms with E-state index in [2.05, 4.69) is 5.10 Å². The lowest BCUT2D eigenvalue weighted by molar-refractivity contribution is 0.149. The average molecular weight is 315 g/mol. The van der Waals surface area contributed by atoms with Gasteiger partial charge in [-0.2, -0.15) is 5.10 Å². The normalized spacial score (nSPS) is 16.6. The van der Waals surface area contributed by atoms with Gasteiger partial charge in [0.15, 0.2) is 0 Å². The van der Waals surface area contributed by atoms with E-state index in [1.54, 1.807) is 7.05 Å². The topological polar surface area (TPSA) is 67.6 Å². The van der Waals surface area contributed by atoms with E-state index in [9.17, 15) is 4.79 Å². The first kappa shape index (κ1) is 15.4. The van der Waals surface area contributed by atoms with Gasteiger partial charge in [-0.25, -0.2) is 4.79 Å². The third kappa shape index (κ3) is 2.76. The maximum Gasteiger partial charge on any atom is 0.407 e. The maximum atomic E-state index is 11.1. The second-order valence-electron chi connectivity index (χ2n) is 5.99. The number of fused-ring (bicyclic) bond motifs is 1. The van der Waals surface area contributed by atoms with Gasteiger partial charge in [0.05, 0.1) is 12.8 Å². The van der Waals surface area contributed by atoms with Crippen LogP contribution in [0.1, 0.15) is 23.6 Å². The van der Waals surface area contributed by atoms with Crippen molar-refractivity contribution in [1.29, 1.82) is 0 Å². The largest absolute Gasteiger partial charge is 0.493 e. The number of para-hydroxylation sites is 1. The van der Waals surface area contributed by atoms with Crippen molar-refractivity contribution in [2.24, 2.45) is 7.05 Å². The zero-order valence-electron chi connectivity index (χ0n) is 13.6. The Balaban J connectivity index is 2.00. The SMILES string of the molecule is Cc1c(-c2cccc3c2OCCC3CN(C)C(=O)O)cnn1C. The van der Waals surface area contributed by atoms with E-state index < -0.39 is 6.09 Å². The minimum absolute atomic E-state index is 0.150. The van der Waals surface area contributed by atoms with Crippen LogP contribution in [0.2, 0.25) is 0 Å².